The maximum absolute atomic E-state index is 12.4. The molecule has 5 nitrogen and oxygen atoms in total. The lowest BCUT2D eigenvalue weighted by molar-refractivity contribution is -0.216. The van der Waals surface area contributed by atoms with E-state index in [9.17, 15) is 23.1 Å². The quantitative estimate of drug-likeness (QED) is 0.740. The second-order valence-electron chi connectivity index (χ2n) is 4.11. The van der Waals surface area contributed by atoms with E-state index in [1.165, 1.54) is 7.11 Å². The van der Waals surface area contributed by atoms with Crippen molar-refractivity contribution in [3.8, 4) is 0 Å². The summed E-state index contributed by atoms with van der Waals surface area (Å²) in [6, 6.07) is -1.80. The highest BCUT2D eigenvalue weighted by molar-refractivity contribution is 5.74. The molecule has 1 saturated heterocycles. The van der Waals surface area contributed by atoms with Gasteiger partial charge in [-0.05, 0) is 12.8 Å². The summed E-state index contributed by atoms with van der Waals surface area (Å²) in [6.45, 7) is 0.726. The molecule has 2 atom stereocenters. The number of rotatable bonds is 4. The van der Waals surface area contributed by atoms with Crippen molar-refractivity contribution >= 4 is 6.03 Å². The smallest absolute Gasteiger partial charge is 0.383 e. The van der Waals surface area contributed by atoms with Gasteiger partial charge in [0, 0.05) is 20.2 Å². The molecule has 0 aromatic heterocycles. The van der Waals surface area contributed by atoms with Gasteiger partial charge in [-0.25, -0.2) is 4.79 Å². The number of hydrogen-bond donors (Lipinski definition) is 2. The van der Waals surface area contributed by atoms with Gasteiger partial charge in [0.1, 0.15) is 0 Å². The van der Waals surface area contributed by atoms with Crippen molar-refractivity contribution in [2.75, 3.05) is 26.8 Å². The largest absolute Gasteiger partial charge is 0.416 e. The Bertz CT molecular complexity index is 286. The van der Waals surface area contributed by atoms with Crippen molar-refractivity contribution in [3.05, 3.63) is 0 Å². The average molecular weight is 270 g/mol. The van der Waals surface area contributed by atoms with E-state index in [1.54, 1.807) is 0 Å². The summed E-state index contributed by atoms with van der Waals surface area (Å²) in [7, 11) is 1.46. The minimum atomic E-state index is -4.71. The molecule has 106 valence electrons. The predicted molar refractivity (Wildman–Crippen MR) is 57.1 cm³/mol. The first kappa shape index (κ1) is 15.0. The van der Waals surface area contributed by atoms with Crippen LogP contribution >= 0.6 is 0 Å². The number of carbonyl (C=O) groups is 1. The van der Waals surface area contributed by atoms with Gasteiger partial charge < -0.3 is 20.1 Å². The number of aliphatic hydroxyl groups is 1. The van der Waals surface area contributed by atoms with E-state index < -0.39 is 24.4 Å². The molecule has 0 radical (unpaired) electrons. The Labute approximate surface area is 103 Å². The minimum absolute atomic E-state index is 0.151. The van der Waals surface area contributed by atoms with Gasteiger partial charge in [0.25, 0.3) is 0 Å². The van der Waals surface area contributed by atoms with Crippen molar-refractivity contribution in [1.29, 1.82) is 0 Å². The highest BCUT2D eigenvalue weighted by Gasteiger charge is 2.48. The molecule has 0 spiro atoms. The van der Waals surface area contributed by atoms with Crippen LogP contribution in [0.25, 0.3) is 0 Å². The first-order valence-electron chi connectivity index (χ1n) is 5.66. The number of nitrogens with zero attached hydrogens (tertiary/aromatic N) is 1. The maximum atomic E-state index is 12.4. The van der Waals surface area contributed by atoms with E-state index in [2.05, 4.69) is 5.32 Å². The number of urea groups is 1. The predicted octanol–water partition coefficient (Wildman–Crippen LogP) is 0.730. The highest BCUT2D eigenvalue weighted by atomic mass is 19.4. The molecule has 2 unspecified atom stereocenters. The topological polar surface area (TPSA) is 61.8 Å². The van der Waals surface area contributed by atoms with E-state index in [-0.39, 0.29) is 26.1 Å². The summed E-state index contributed by atoms with van der Waals surface area (Å²) >= 11 is 0. The van der Waals surface area contributed by atoms with E-state index in [4.69, 9.17) is 4.74 Å². The van der Waals surface area contributed by atoms with Crippen molar-refractivity contribution in [2.24, 2.45) is 0 Å². The number of nitrogens with one attached hydrogen (secondary N) is 1. The normalized spacial score (nSPS) is 22.1. The summed E-state index contributed by atoms with van der Waals surface area (Å²) < 4.78 is 42.0. The molecule has 1 rings (SSSR count). The van der Waals surface area contributed by atoms with Gasteiger partial charge in [0.05, 0.1) is 12.6 Å². The lowest BCUT2D eigenvalue weighted by atomic mass is 10.1. The minimum Gasteiger partial charge on any atom is -0.383 e. The zero-order valence-electron chi connectivity index (χ0n) is 10.0. The highest BCUT2D eigenvalue weighted by Crippen LogP contribution is 2.30. The van der Waals surface area contributed by atoms with Crippen LogP contribution in [0.1, 0.15) is 12.8 Å². The van der Waals surface area contributed by atoms with Gasteiger partial charge in [-0.1, -0.05) is 0 Å². The number of hydrogen-bond acceptors (Lipinski definition) is 3. The average Bonchev–Trinajstić information content (AvgIpc) is 2.75. The van der Waals surface area contributed by atoms with Gasteiger partial charge in [0.15, 0.2) is 6.10 Å². The third-order valence-electron chi connectivity index (χ3n) is 2.84. The monoisotopic (exact) mass is 270 g/mol. The van der Waals surface area contributed by atoms with Crippen LogP contribution in [0.15, 0.2) is 0 Å². The number of alkyl halides is 3. The van der Waals surface area contributed by atoms with Gasteiger partial charge in [-0.15, -0.1) is 0 Å². The second-order valence-corrected chi connectivity index (χ2v) is 4.11. The van der Waals surface area contributed by atoms with Crippen LogP contribution in [0, 0.1) is 0 Å². The summed E-state index contributed by atoms with van der Waals surface area (Å²) in [4.78, 5) is 12.7. The first-order chi connectivity index (χ1) is 8.38. The molecule has 1 heterocycles. The first-order valence-corrected chi connectivity index (χ1v) is 5.66. The standard InChI is InChI=1S/C10H17F3N2O3/c1-18-6-4-14-9(17)15-5-2-3-7(15)8(16)10(11,12)13/h7-8,16H,2-6H2,1H3,(H,14,17). The Balaban J connectivity index is 2.56. The number of methoxy groups -OCH3 is 1. The second kappa shape index (κ2) is 6.24. The fraction of sp³-hybridized carbons (Fsp3) is 0.900. The van der Waals surface area contributed by atoms with E-state index in [0.29, 0.717) is 6.42 Å². The van der Waals surface area contributed by atoms with E-state index in [1.807, 2.05) is 0 Å². The van der Waals surface area contributed by atoms with Gasteiger partial charge in [0.2, 0.25) is 0 Å². The van der Waals surface area contributed by atoms with Crippen molar-refractivity contribution in [3.63, 3.8) is 0 Å². The fourth-order valence-corrected chi connectivity index (χ4v) is 1.95. The molecule has 8 heteroatoms. The molecule has 0 aromatic carbocycles. The van der Waals surface area contributed by atoms with Gasteiger partial charge in [-0.2, -0.15) is 13.2 Å². The molecule has 0 saturated carbocycles. The number of aliphatic hydroxyl groups excluding tert-OH is 1. The third-order valence-corrected chi connectivity index (χ3v) is 2.84. The lowest BCUT2D eigenvalue weighted by Crippen LogP contribution is -2.52. The number of amides is 2. The zero-order chi connectivity index (χ0) is 13.8. The molecule has 2 amide bonds. The Morgan fingerprint density at radius 2 is 2.28 bits per heavy atom. The van der Waals surface area contributed by atoms with Crippen LogP contribution in [-0.4, -0.2) is 61.2 Å². The Morgan fingerprint density at radius 1 is 1.61 bits per heavy atom. The SMILES string of the molecule is COCCNC(=O)N1CCCC1C(O)C(F)(F)F. The van der Waals surface area contributed by atoms with E-state index >= 15 is 0 Å². The number of carbonyl (C=O) groups excluding carboxylic acids is 1. The van der Waals surface area contributed by atoms with Gasteiger partial charge >= 0.3 is 12.2 Å². The molecule has 0 aromatic rings. The maximum Gasteiger partial charge on any atom is 0.416 e. The Morgan fingerprint density at radius 3 is 2.83 bits per heavy atom. The molecule has 1 aliphatic rings. The molecule has 0 bridgehead atoms. The van der Waals surface area contributed by atoms with E-state index in [0.717, 1.165) is 4.90 Å². The fourth-order valence-electron chi connectivity index (χ4n) is 1.95. The molecule has 1 aliphatic heterocycles. The van der Waals surface area contributed by atoms with Crippen LogP contribution in [0.2, 0.25) is 0 Å². The summed E-state index contributed by atoms with van der Waals surface area (Å²) in [5.74, 6) is 0. The van der Waals surface area contributed by atoms with Crippen molar-refractivity contribution in [1.82, 2.24) is 10.2 Å². The molecule has 1 fully saturated rings. The Hall–Kier alpha value is -1.02. The van der Waals surface area contributed by atoms with Crippen molar-refractivity contribution in [2.45, 2.75) is 31.2 Å². The Kier molecular flexibility index (Phi) is 5.21. The van der Waals surface area contributed by atoms with Crippen LogP contribution in [0.5, 0.6) is 0 Å². The lowest BCUT2D eigenvalue weighted by Gasteiger charge is -2.29. The number of halogens is 3. The van der Waals surface area contributed by atoms with Crippen LogP contribution in [0.4, 0.5) is 18.0 Å². The molecular weight excluding hydrogens is 253 g/mol. The van der Waals surface area contributed by atoms with Crippen LogP contribution in [-0.2, 0) is 4.74 Å². The molecule has 0 aliphatic carbocycles. The van der Waals surface area contributed by atoms with Crippen LogP contribution in [0.3, 0.4) is 0 Å². The summed E-state index contributed by atoms with van der Waals surface area (Å²) in [5, 5.41) is 11.7. The number of likely N-dealkylation sites (tertiary alicyclic amines) is 1. The molecule has 18 heavy (non-hydrogen) atoms. The number of ether oxygens (including phenoxy) is 1. The summed E-state index contributed by atoms with van der Waals surface area (Å²) in [6.07, 6.45) is -6.60. The van der Waals surface area contributed by atoms with Gasteiger partial charge in [-0.3, -0.25) is 0 Å². The zero-order valence-corrected chi connectivity index (χ0v) is 10.0. The van der Waals surface area contributed by atoms with Crippen LogP contribution < -0.4 is 5.32 Å². The molecule has 2 N–H and O–H groups in total. The summed E-state index contributed by atoms with van der Waals surface area (Å²) in [5.41, 5.74) is 0. The third kappa shape index (κ3) is 3.74. The van der Waals surface area contributed by atoms with Crippen molar-refractivity contribution < 1.29 is 27.8 Å². The molecular formula is C10H17F3N2O3.